The number of amides is 1. The maximum absolute atomic E-state index is 12.5. The van der Waals surface area contributed by atoms with E-state index in [0.29, 0.717) is 0 Å². The monoisotopic (exact) mass is 560 g/mol. The average Bonchev–Trinajstić information content (AvgIpc) is 3.15. The first-order valence-electron chi connectivity index (χ1n) is 10.4. The Balaban J connectivity index is 1.49. The number of phenols is 1. The lowest BCUT2D eigenvalue weighted by Gasteiger charge is -2.18. The smallest absolute Gasteiger partial charge is 0.407 e. The van der Waals surface area contributed by atoms with E-state index in [1.165, 1.54) is 0 Å². The second-order valence-corrected chi connectivity index (χ2v) is 9.02. The second kappa shape index (κ2) is 9.93. The van der Waals surface area contributed by atoms with Crippen molar-refractivity contribution in [1.29, 1.82) is 0 Å². The minimum atomic E-state index is -1.52. The lowest BCUT2D eigenvalue weighted by Crippen LogP contribution is -2.43. The highest BCUT2D eigenvalue weighted by Crippen LogP contribution is 2.44. The number of fused-ring (bicyclic) bond motifs is 3. The van der Waals surface area contributed by atoms with Gasteiger partial charge in [0.15, 0.2) is 0 Å². The maximum Gasteiger partial charge on any atom is 0.407 e. The molecule has 4 rings (SSSR count). The lowest BCUT2D eigenvalue weighted by molar-refractivity contribution is -0.384. The van der Waals surface area contributed by atoms with Crippen LogP contribution in [0, 0.1) is 10.1 Å². The molecule has 3 aromatic carbocycles. The Labute approximate surface area is 212 Å². The molecule has 35 heavy (non-hydrogen) atoms. The number of ether oxygens (including phenoxy) is 1. The van der Waals surface area contributed by atoms with Crippen LogP contribution in [-0.2, 0) is 16.0 Å². The number of phenolic OH excluding ortho intramolecular Hbond substituents is 1. The highest BCUT2D eigenvalue weighted by Gasteiger charge is 2.31. The largest absolute Gasteiger partial charge is 0.506 e. The third kappa shape index (κ3) is 4.80. The number of benzene rings is 3. The van der Waals surface area contributed by atoms with Crippen LogP contribution in [0.25, 0.3) is 11.1 Å². The van der Waals surface area contributed by atoms with Crippen LogP contribution in [0.3, 0.4) is 0 Å². The molecule has 1 amide bonds. The Hall–Kier alpha value is -3.63. The fraction of sp³-hybridized carbons (Fsp3) is 0.167. The zero-order valence-corrected chi connectivity index (χ0v) is 20.2. The third-order valence-electron chi connectivity index (χ3n) is 5.80. The van der Waals surface area contributed by atoms with Crippen molar-refractivity contribution in [3.8, 4) is 16.9 Å². The Morgan fingerprint density at radius 3 is 2.26 bits per heavy atom. The van der Waals surface area contributed by atoms with E-state index in [2.05, 4.69) is 21.2 Å². The third-order valence-corrected chi connectivity index (χ3v) is 7.18. The Bertz CT molecular complexity index is 1300. The first-order chi connectivity index (χ1) is 16.7. The molecule has 1 unspecified atom stereocenters. The predicted molar refractivity (Wildman–Crippen MR) is 131 cm³/mol. The summed E-state index contributed by atoms with van der Waals surface area (Å²) in [6.07, 6.45) is -1.41. The summed E-state index contributed by atoms with van der Waals surface area (Å²) in [6.45, 7) is -0.0184. The van der Waals surface area contributed by atoms with E-state index in [4.69, 9.17) is 16.3 Å². The number of alkyl carbamates (subject to hydrolysis) is 1. The van der Waals surface area contributed by atoms with Crippen LogP contribution in [0.15, 0.2) is 59.1 Å². The van der Waals surface area contributed by atoms with Gasteiger partial charge in [0.2, 0.25) is 0 Å². The summed E-state index contributed by atoms with van der Waals surface area (Å²) in [5.74, 6) is -2.08. The highest BCUT2D eigenvalue weighted by atomic mass is 79.9. The lowest BCUT2D eigenvalue weighted by atomic mass is 9.98. The summed E-state index contributed by atoms with van der Waals surface area (Å²) in [4.78, 5) is 34.8. The molecular weight excluding hydrogens is 544 g/mol. The SMILES string of the molecule is O=C(NC(Cc1cc([N+](=O)[O-])c(Cl)c(Br)c1O)C(=O)O)OCC1c2ccccc2-c2ccccc21. The van der Waals surface area contributed by atoms with Gasteiger partial charge in [0.05, 0.1) is 9.40 Å². The van der Waals surface area contributed by atoms with Crippen LogP contribution in [0.1, 0.15) is 22.6 Å². The van der Waals surface area contributed by atoms with Gasteiger partial charge in [-0.2, -0.15) is 0 Å². The van der Waals surface area contributed by atoms with Crippen molar-refractivity contribution in [2.45, 2.75) is 18.4 Å². The van der Waals surface area contributed by atoms with E-state index in [-0.39, 0.29) is 27.6 Å². The van der Waals surface area contributed by atoms with Gasteiger partial charge in [-0.3, -0.25) is 10.1 Å². The number of rotatable bonds is 7. The van der Waals surface area contributed by atoms with Crippen molar-refractivity contribution in [2.24, 2.45) is 0 Å². The van der Waals surface area contributed by atoms with Crippen LogP contribution in [0.4, 0.5) is 10.5 Å². The highest BCUT2D eigenvalue weighted by molar-refractivity contribution is 9.10. The van der Waals surface area contributed by atoms with E-state index >= 15 is 0 Å². The Morgan fingerprint density at radius 2 is 1.71 bits per heavy atom. The van der Waals surface area contributed by atoms with Crippen molar-refractivity contribution >= 4 is 45.3 Å². The normalized spacial score (nSPS) is 13.0. The number of carbonyl (C=O) groups is 2. The fourth-order valence-electron chi connectivity index (χ4n) is 4.14. The number of hydrogen-bond donors (Lipinski definition) is 3. The molecule has 11 heteroatoms. The van der Waals surface area contributed by atoms with E-state index in [1.807, 2.05) is 48.5 Å². The summed E-state index contributed by atoms with van der Waals surface area (Å²) in [6, 6.07) is 15.0. The zero-order chi connectivity index (χ0) is 25.3. The van der Waals surface area contributed by atoms with Gasteiger partial charge in [-0.15, -0.1) is 0 Å². The molecule has 0 aromatic heterocycles. The summed E-state index contributed by atoms with van der Waals surface area (Å²) in [5.41, 5.74) is 3.49. The Kier molecular flexibility index (Phi) is 6.95. The van der Waals surface area contributed by atoms with Gasteiger partial charge in [-0.1, -0.05) is 60.1 Å². The number of carboxylic acids is 1. The number of carbonyl (C=O) groups excluding carboxylic acids is 1. The molecule has 0 aliphatic heterocycles. The molecule has 0 bridgehead atoms. The van der Waals surface area contributed by atoms with Gasteiger partial charge in [0, 0.05) is 24.0 Å². The van der Waals surface area contributed by atoms with Gasteiger partial charge in [-0.25, -0.2) is 9.59 Å². The minimum absolute atomic E-state index is 0.0184. The molecule has 3 N–H and O–H groups in total. The number of aliphatic carboxylic acids is 1. The average molecular weight is 562 g/mol. The van der Waals surface area contributed by atoms with Crippen LogP contribution >= 0.6 is 27.5 Å². The van der Waals surface area contributed by atoms with Gasteiger partial charge in [0.25, 0.3) is 5.69 Å². The van der Waals surface area contributed by atoms with Gasteiger partial charge in [0.1, 0.15) is 23.4 Å². The van der Waals surface area contributed by atoms with E-state index in [9.17, 15) is 29.9 Å². The van der Waals surface area contributed by atoms with Crippen LogP contribution in [0.2, 0.25) is 5.02 Å². The molecule has 1 aliphatic rings. The summed E-state index contributed by atoms with van der Waals surface area (Å²) in [7, 11) is 0. The number of nitro groups is 1. The predicted octanol–water partition coefficient (Wildman–Crippen LogP) is 5.25. The summed E-state index contributed by atoms with van der Waals surface area (Å²) in [5, 5.41) is 33.0. The van der Waals surface area contributed by atoms with Crippen molar-refractivity contribution < 1.29 is 29.5 Å². The van der Waals surface area contributed by atoms with Crippen LogP contribution < -0.4 is 5.32 Å². The first kappa shape index (κ1) is 24.5. The molecule has 0 radical (unpaired) electrons. The number of hydrogen-bond acceptors (Lipinski definition) is 6. The second-order valence-electron chi connectivity index (χ2n) is 7.85. The molecule has 180 valence electrons. The minimum Gasteiger partial charge on any atom is -0.506 e. The van der Waals surface area contributed by atoms with Gasteiger partial charge in [-0.05, 0) is 38.2 Å². The number of halogens is 2. The molecule has 3 aromatic rings. The van der Waals surface area contributed by atoms with Crippen molar-refractivity contribution in [1.82, 2.24) is 5.32 Å². The zero-order valence-electron chi connectivity index (χ0n) is 17.9. The van der Waals surface area contributed by atoms with Gasteiger partial charge < -0.3 is 20.3 Å². The molecule has 0 heterocycles. The van der Waals surface area contributed by atoms with Crippen molar-refractivity contribution in [2.75, 3.05) is 6.61 Å². The summed E-state index contributed by atoms with van der Waals surface area (Å²) < 4.78 is 5.23. The molecular formula is C24H18BrClN2O7. The standard InChI is InChI=1S/C24H18BrClN2O7/c25-20-21(26)19(28(33)34)10-12(22(20)29)9-18(23(30)31)27-24(32)35-11-17-15-7-3-1-5-13(15)14-6-2-4-8-16(14)17/h1-8,10,17-18,29H,9,11H2,(H,27,32)(H,30,31). The molecule has 1 atom stereocenters. The molecule has 0 saturated carbocycles. The molecule has 0 fully saturated rings. The van der Waals surface area contributed by atoms with Crippen LogP contribution in [-0.4, -0.2) is 39.8 Å². The van der Waals surface area contributed by atoms with E-state index in [0.717, 1.165) is 28.3 Å². The number of aromatic hydroxyl groups is 1. The topological polar surface area (TPSA) is 139 Å². The molecule has 1 aliphatic carbocycles. The quantitative estimate of drug-likeness (QED) is 0.264. The number of carboxylic acid groups (broad SMARTS) is 1. The number of nitrogens with one attached hydrogen (secondary N) is 1. The first-order valence-corrected chi connectivity index (χ1v) is 11.5. The molecule has 0 saturated heterocycles. The fourth-order valence-corrected chi connectivity index (χ4v) is 4.82. The Morgan fingerprint density at radius 1 is 1.14 bits per heavy atom. The molecule has 9 nitrogen and oxygen atoms in total. The van der Waals surface area contributed by atoms with E-state index < -0.39 is 40.9 Å². The molecule has 0 spiro atoms. The van der Waals surface area contributed by atoms with Crippen LogP contribution in [0.5, 0.6) is 5.75 Å². The van der Waals surface area contributed by atoms with E-state index in [1.54, 1.807) is 0 Å². The van der Waals surface area contributed by atoms with Crippen molar-refractivity contribution in [3.05, 3.63) is 90.9 Å². The van der Waals surface area contributed by atoms with Crippen molar-refractivity contribution in [3.63, 3.8) is 0 Å². The number of nitrogens with zero attached hydrogens (tertiary/aromatic N) is 1. The summed E-state index contributed by atoms with van der Waals surface area (Å²) >= 11 is 8.84. The maximum atomic E-state index is 12.5. The van der Waals surface area contributed by atoms with Gasteiger partial charge >= 0.3 is 12.1 Å². The number of nitro benzene ring substituents is 1.